The molecule has 3 nitrogen and oxygen atoms in total. The number of carboxylic acids is 1. The van der Waals surface area contributed by atoms with Crippen LogP contribution >= 0.6 is 0 Å². The smallest absolute Gasteiger partial charge is 0.335 e. The van der Waals surface area contributed by atoms with Crippen LogP contribution in [0, 0.1) is 11.8 Å². The van der Waals surface area contributed by atoms with Gasteiger partial charge in [0.1, 0.15) is 0 Å². The summed E-state index contributed by atoms with van der Waals surface area (Å²) in [5.41, 5.74) is 2.83. The van der Waals surface area contributed by atoms with Gasteiger partial charge >= 0.3 is 12.8 Å². The highest BCUT2D eigenvalue weighted by molar-refractivity contribution is 6.76. The van der Waals surface area contributed by atoms with Gasteiger partial charge in [-0.05, 0) is 42.7 Å². The predicted molar refractivity (Wildman–Crippen MR) is 76.4 cm³/mol. The number of allylic oxidation sites excluding steroid dienone is 2. The van der Waals surface area contributed by atoms with E-state index in [1.54, 1.807) is 12.1 Å². The van der Waals surface area contributed by atoms with Crippen molar-refractivity contribution >= 4 is 18.3 Å². The summed E-state index contributed by atoms with van der Waals surface area (Å²) in [7, 11) is 0. The summed E-state index contributed by atoms with van der Waals surface area (Å²) in [6.45, 7) is 2.42. The molecule has 3 rings (SSSR count). The summed E-state index contributed by atoms with van der Waals surface area (Å²) in [5.74, 6) is 2.87. The van der Waals surface area contributed by atoms with Crippen LogP contribution in [-0.4, -0.2) is 17.9 Å². The van der Waals surface area contributed by atoms with Gasteiger partial charge in [-0.15, -0.1) is 0 Å². The zero-order valence-electron chi connectivity index (χ0n) is 10.8. The quantitative estimate of drug-likeness (QED) is 0.808. The fourth-order valence-electron chi connectivity index (χ4n) is 2.60. The lowest BCUT2D eigenvalue weighted by molar-refractivity contribution is 0.0697. The maximum Gasteiger partial charge on any atom is 0.335 e. The van der Waals surface area contributed by atoms with E-state index in [9.17, 15) is 4.79 Å². The average molecular weight is 253 g/mol. The normalized spacial score (nSPS) is 24.7. The molecule has 19 heavy (non-hydrogen) atoms. The first kappa shape index (κ1) is 12.1. The minimum absolute atomic E-state index is 0.149. The van der Waals surface area contributed by atoms with Crippen LogP contribution in [0.1, 0.15) is 23.7 Å². The van der Waals surface area contributed by atoms with E-state index in [1.807, 2.05) is 18.3 Å². The molecule has 0 spiro atoms. The van der Waals surface area contributed by atoms with Crippen molar-refractivity contribution in [2.45, 2.75) is 13.3 Å². The maximum absolute atomic E-state index is 10.8. The Balaban J connectivity index is 1.80. The van der Waals surface area contributed by atoms with E-state index in [1.165, 1.54) is 12.0 Å². The Morgan fingerprint density at radius 1 is 1.37 bits per heavy atom. The molecule has 1 aromatic rings. The second-order valence-electron chi connectivity index (χ2n) is 5.39. The number of hydrogen-bond donors (Lipinski definition) is 2. The molecule has 0 amide bonds. The monoisotopic (exact) mass is 253 g/mol. The first-order valence-corrected chi connectivity index (χ1v) is 6.62. The Morgan fingerprint density at radius 2 is 2.05 bits per heavy atom. The third-order valence-corrected chi connectivity index (χ3v) is 3.97. The van der Waals surface area contributed by atoms with Gasteiger partial charge in [-0.2, -0.15) is 0 Å². The van der Waals surface area contributed by atoms with Crippen LogP contribution in [0.25, 0.3) is 0 Å². The van der Waals surface area contributed by atoms with E-state index in [-0.39, 0.29) is 6.85 Å². The molecule has 0 saturated heterocycles. The summed E-state index contributed by atoms with van der Waals surface area (Å²) in [4.78, 5) is 10.8. The summed E-state index contributed by atoms with van der Waals surface area (Å²) in [6.07, 6.45) is 5.42. The van der Waals surface area contributed by atoms with Gasteiger partial charge in [-0.25, -0.2) is 4.79 Å². The van der Waals surface area contributed by atoms with Crippen molar-refractivity contribution in [2.75, 3.05) is 0 Å². The Bertz CT molecular complexity index is 562. The van der Waals surface area contributed by atoms with Crippen molar-refractivity contribution in [1.29, 1.82) is 0 Å². The highest BCUT2D eigenvalue weighted by Gasteiger charge is 2.36. The van der Waals surface area contributed by atoms with Crippen LogP contribution in [0.4, 0.5) is 0 Å². The predicted octanol–water partition coefficient (Wildman–Crippen LogP) is 1.82. The van der Waals surface area contributed by atoms with E-state index < -0.39 is 5.97 Å². The van der Waals surface area contributed by atoms with Crippen LogP contribution < -0.4 is 10.7 Å². The molecule has 1 aliphatic carbocycles. The number of benzene rings is 1. The first-order chi connectivity index (χ1) is 9.15. The summed E-state index contributed by atoms with van der Waals surface area (Å²) < 4.78 is 0. The molecule has 0 radical (unpaired) electrons. The van der Waals surface area contributed by atoms with Crippen LogP contribution in [0.3, 0.4) is 0 Å². The molecule has 96 valence electrons. The topological polar surface area (TPSA) is 49.3 Å². The highest BCUT2D eigenvalue weighted by atomic mass is 16.4. The van der Waals surface area contributed by atoms with Crippen LogP contribution in [0.2, 0.25) is 0 Å². The van der Waals surface area contributed by atoms with Gasteiger partial charge in [0.25, 0.3) is 0 Å². The number of hydrogen-bond acceptors (Lipinski definition) is 2. The van der Waals surface area contributed by atoms with Crippen molar-refractivity contribution in [3.63, 3.8) is 0 Å². The number of carboxylic acid groups (broad SMARTS) is 1. The van der Waals surface area contributed by atoms with Crippen LogP contribution in [0.15, 0.2) is 48.1 Å². The van der Waals surface area contributed by atoms with Gasteiger partial charge < -0.3 is 10.3 Å². The van der Waals surface area contributed by atoms with E-state index in [0.717, 1.165) is 11.4 Å². The Morgan fingerprint density at radius 3 is 2.63 bits per heavy atom. The van der Waals surface area contributed by atoms with Crippen molar-refractivity contribution < 1.29 is 9.90 Å². The minimum atomic E-state index is -0.883. The van der Waals surface area contributed by atoms with Crippen molar-refractivity contribution in [3.05, 3.63) is 53.7 Å². The second-order valence-corrected chi connectivity index (χ2v) is 5.39. The average Bonchev–Trinajstić information content (AvgIpc) is 3.16. The zero-order chi connectivity index (χ0) is 13.4. The molecule has 0 bridgehead atoms. The van der Waals surface area contributed by atoms with Gasteiger partial charge in [0, 0.05) is 0 Å². The molecule has 2 aliphatic rings. The van der Waals surface area contributed by atoms with E-state index in [2.05, 4.69) is 24.2 Å². The van der Waals surface area contributed by atoms with Crippen molar-refractivity contribution in [2.24, 2.45) is 11.8 Å². The molecule has 1 saturated carbocycles. The molecule has 0 aromatic heterocycles. The number of aromatic carboxylic acids is 1. The van der Waals surface area contributed by atoms with Crippen molar-refractivity contribution in [3.8, 4) is 0 Å². The SMILES string of the molecule is CC1C[C@@H]1C1=CB(c2ccc(C(=O)O)cc2)NC=C1. The fraction of sp³-hybridized carbons (Fsp3) is 0.267. The third kappa shape index (κ3) is 2.43. The molecule has 2 N–H and O–H groups in total. The van der Waals surface area contributed by atoms with Crippen LogP contribution in [-0.2, 0) is 0 Å². The Hall–Kier alpha value is -1.97. The van der Waals surface area contributed by atoms with Crippen molar-refractivity contribution in [1.82, 2.24) is 5.23 Å². The van der Waals surface area contributed by atoms with Gasteiger partial charge in [0.2, 0.25) is 0 Å². The zero-order valence-corrected chi connectivity index (χ0v) is 10.8. The number of nitrogens with one attached hydrogen (secondary N) is 1. The molecule has 2 atom stereocenters. The Labute approximate surface area is 113 Å². The third-order valence-electron chi connectivity index (χ3n) is 3.97. The molecule has 1 aromatic carbocycles. The maximum atomic E-state index is 10.8. The molecule has 1 fully saturated rings. The molecule has 4 heteroatoms. The molecule has 1 unspecified atom stereocenters. The standard InChI is InChI=1S/C15H16BNO2/c1-10-8-14(10)12-6-7-17-16(9-12)13-4-2-11(3-5-13)15(18)19/h2-7,9-10,14,17H,8H2,1H3,(H,18,19)/t10?,14-/m0/s1. The summed E-state index contributed by atoms with van der Waals surface area (Å²) >= 11 is 0. The summed E-state index contributed by atoms with van der Waals surface area (Å²) in [5, 5.41) is 12.2. The highest BCUT2D eigenvalue weighted by Crippen LogP contribution is 2.44. The summed E-state index contributed by atoms with van der Waals surface area (Å²) in [6, 6.07) is 7.07. The lowest BCUT2D eigenvalue weighted by Gasteiger charge is -2.16. The van der Waals surface area contributed by atoms with Gasteiger partial charge in [-0.1, -0.05) is 36.1 Å². The molecule has 1 aliphatic heterocycles. The lowest BCUT2D eigenvalue weighted by atomic mass is 9.54. The fourth-order valence-corrected chi connectivity index (χ4v) is 2.60. The largest absolute Gasteiger partial charge is 0.478 e. The van der Waals surface area contributed by atoms with Crippen LogP contribution in [0.5, 0.6) is 0 Å². The Kier molecular flexibility index (Phi) is 2.93. The minimum Gasteiger partial charge on any atom is -0.478 e. The molecule has 1 heterocycles. The second kappa shape index (κ2) is 4.61. The molecular weight excluding hydrogens is 237 g/mol. The van der Waals surface area contributed by atoms with Gasteiger partial charge in [-0.3, -0.25) is 0 Å². The van der Waals surface area contributed by atoms with Gasteiger partial charge in [0.15, 0.2) is 0 Å². The number of rotatable bonds is 3. The number of carbonyl (C=O) groups is 1. The first-order valence-electron chi connectivity index (χ1n) is 6.62. The molecular formula is C15H16BNO2. The lowest BCUT2D eigenvalue weighted by Crippen LogP contribution is -2.42. The van der Waals surface area contributed by atoms with Gasteiger partial charge in [0.05, 0.1) is 5.56 Å². The van der Waals surface area contributed by atoms with E-state index in [0.29, 0.717) is 11.5 Å². The van der Waals surface area contributed by atoms with E-state index in [4.69, 9.17) is 5.11 Å². The van der Waals surface area contributed by atoms with E-state index >= 15 is 0 Å².